The molecule has 0 spiro atoms. The molecule has 1 saturated carbocycles. The predicted octanol–water partition coefficient (Wildman–Crippen LogP) is 1.73. The molecule has 3 fully saturated rings. The summed E-state index contributed by atoms with van der Waals surface area (Å²) in [5.74, 6) is 2.07. The van der Waals surface area contributed by atoms with Gasteiger partial charge in [-0.2, -0.15) is 0 Å². The molecular weight excluding hydrogens is 212 g/mol. The van der Waals surface area contributed by atoms with Crippen LogP contribution in [0.15, 0.2) is 0 Å². The number of likely N-dealkylation sites (N-methyl/N-ethyl adjacent to an activating group) is 1. The SMILES string of the molecule is CN1CCCC[C@H]1C(=O)N1C[C@H]2CCC[C@H]2C1. The van der Waals surface area contributed by atoms with Crippen LogP contribution in [0.3, 0.4) is 0 Å². The van der Waals surface area contributed by atoms with Crippen molar-refractivity contribution >= 4 is 5.91 Å². The number of rotatable bonds is 1. The molecule has 2 saturated heterocycles. The third-order valence-corrected chi connectivity index (χ3v) is 5.09. The van der Waals surface area contributed by atoms with Gasteiger partial charge in [0.05, 0.1) is 6.04 Å². The number of nitrogens with zero attached hydrogens (tertiary/aromatic N) is 2. The molecule has 3 nitrogen and oxygen atoms in total. The highest BCUT2D eigenvalue weighted by Crippen LogP contribution is 2.38. The lowest BCUT2D eigenvalue weighted by Gasteiger charge is -2.34. The minimum Gasteiger partial charge on any atom is -0.341 e. The van der Waals surface area contributed by atoms with Gasteiger partial charge in [0.25, 0.3) is 0 Å². The maximum Gasteiger partial charge on any atom is 0.239 e. The number of hydrogen-bond acceptors (Lipinski definition) is 2. The zero-order valence-corrected chi connectivity index (χ0v) is 10.9. The van der Waals surface area contributed by atoms with E-state index in [0.717, 1.165) is 37.9 Å². The van der Waals surface area contributed by atoms with Crippen molar-refractivity contribution in [3.63, 3.8) is 0 Å². The third-order valence-electron chi connectivity index (χ3n) is 5.09. The van der Waals surface area contributed by atoms with Crippen LogP contribution in [0, 0.1) is 11.8 Å². The van der Waals surface area contributed by atoms with Crippen LogP contribution in [-0.2, 0) is 4.79 Å². The summed E-state index contributed by atoms with van der Waals surface area (Å²) in [5.41, 5.74) is 0. The molecule has 0 aromatic heterocycles. The third kappa shape index (κ3) is 2.10. The first-order valence-corrected chi connectivity index (χ1v) is 7.25. The van der Waals surface area contributed by atoms with Crippen LogP contribution in [0.2, 0.25) is 0 Å². The Balaban J connectivity index is 1.62. The molecule has 17 heavy (non-hydrogen) atoms. The van der Waals surface area contributed by atoms with Crippen LogP contribution in [0.4, 0.5) is 0 Å². The molecule has 0 radical (unpaired) electrons. The van der Waals surface area contributed by atoms with E-state index in [0.29, 0.717) is 5.91 Å². The fourth-order valence-corrected chi connectivity index (χ4v) is 4.01. The molecule has 0 aromatic carbocycles. The molecule has 3 heteroatoms. The van der Waals surface area contributed by atoms with Crippen molar-refractivity contribution in [1.29, 1.82) is 0 Å². The molecule has 0 unspecified atom stereocenters. The van der Waals surface area contributed by atoms with E-state index in [4.69, 9.17) is 0 Å². The highest BCUT2D eigenvalue weighted by atomic mass is 16.2. The van der Waals surface area contributed by atoms with Gasteiger partial charge in [-0.3, -0.25) is 9.69 Å². The topological polar surface area (TPSA) is 23.6 Å². The van der Waals surface area contributed by atoms with Crippen molar-refractivity contribution in [2.24, 2.45) is 11.8 Å². The summed E-state index contributed by atoms with van der Waals surface area (Å²) in [7, 11) is 2.11. The monoisotopic (exact) mass is 236 g/mol. The number of fused-ring (bicyclic) bond motifs is 1. The molecule has 0 N–H and O–H groups in total. The van der Waals surface area contributed by atoms with E-state index in [1.165, 1.54) is 32.1 Å². The van der Waals surface area contributed by atoms with Crippen LogP contribution in [0.1, 0.15) is 38.5 Å². The number of piperidine rings is 1. The molecule has 1 amide bonds. The lowest BCUT2D eigenvalue weighted by atomic mass is 10.0. The Morgan fingerprint density at radius 3 is 2.35 bits per heavy atom. The summed E-state index contributed by atoms with van der Waals surface area (Å²) in [6, 6.07) is 0.183. The maximum absolute atomic E-state index is 12.5. The van der Waals surface area contributed by atoms with Crippen molar-refractivity contribution in [2.45, 2.75) is 44.6 Å². The number of carbonyl (C=O) groups excluding carboxylic acids is 1. The molecule has 3 atom stereocenters. The number of carbonyl (C=O) groups is 1. The van der Waals surface area contributed by atoms with Gasteiger partial charge in [0.15, 0.2) is 0 Å². The molecule has 3 aliphatic rings. The van der Waals surface area contributed by atoms with Gasteiger partial charge in [0.1, 0.15) is 0 Å². The lowest BCUT2D eigenvalue weighted by molar-refractivity contribution is -0.136. The Hall–Kier alpha value is -0.570. The van der Waals surface area contributed by atoms with Gasteiger partial charge in [0, 0.05) is 13.1 Å². The average molecular weight is 236 g/mol. The summed E-state index contributed by atoms with van der Waals surface area (Å²) in [5, 5.41) is 0. The second-order valence-electron chi connectivity index (χ2n) is 6.19. The molecule has 3 rings (SSSR count). The minimum absolute atomic E-state index is 0.183. The number of amides is 1. The van der Waals surface area contributed by atoms with Crippen LogP contribution in [0.5, 0.6) is 0 Å². The van der Waals surface area contributed by atoms with E-state index in [-0.39, 0.29) is 6.04 Å². The second-order valence-corrected chi connectivity index (χ2v) is 6.19. The van der Waals surface area contributed by atoms with Gasteiger partial charge in [-0.25, -0.2) is 0 Å². The summed E-state index contributed by atoms with van der Waals surface area (Å²) in [4.78, 5) is 17.0. The Kier molecular flexibility index (Phi) is 3.12. The van der Waals surface area contributed by atoms with Gasteiger partial charge in [-0.05, 0) is 51.1 Å². The zero-order valence-electron chi connectivity index (χ0n) is 10.9. The van der Waals surface area contributed by atoms with Crippen molar-refractivity contribution in [3.05, 3.63) is 0 Å². The average Bonchev–Trinajstić information content (AvgIpc) is 2.88. The van der Waals surface area contributed by atoms with Crippen LogP contribution >= 0.6 is 0 Å². The lowest BCUT2D eigenvalue weighted by Crippen LogP contribution is -2.48. The zero-order chi connectivity index (χ0) is 11.8. The van der Waals surface area contributed by atoms with E-state index in [1.807, 2.05) is 0 Å². The maximum atomic E-state index is 12.5. The second kappa shape index (κ2) is 4.60. The largest absolute Gasteiger partial charge is 0.341 e. The van der Waals surface area contributed by atoms with Crippen molar-refractivity contribution in [3.8, 4) is 0 Å². The molecule has 0 bridgehead atoms. The minimum atomic E-state index is 0.183. The Morgan fingerprint density at radius 2 is 1.71 bits per heavy atom. The highest BCUT2D eigenvalue weighted by Gasteiger charge is 2.40. The first-order chi connectivity index (χ1) is 8.25. The first kappa shape index (κ1) is 11.5. The molecule has 1 aliphatic carbocycles. The Bertz CT molecular complexity index is 293. The van der Waals surface area contributed by atoms with Crippen molar-refractivity contribution < 1.29 is 4.79 Å². The standard InChI is InChI=1S/C14H24N2O/c1-15-8-3-2-7-13(15)14(17)16-9-11-5-4-6-12(11)10-16/h11-13H,2-10H2,1H3/t11-,12+,13-/m0/s1. The van der Waals surface area contributed by atoms with E-state index in [2.05, 4.69) is 16.8 Å². The smallest absolute Gasteiger partial charge is 0.239 e. The molecule has 0 aromatic rings. The quantitative estimate of drug-likeness (QED) is 0.692. The fraction of sp³-hybridized carbons (Fsp3) is 0.929. The summed E-state index contributed by atoms with van der Waals surface area (Å²) in [6.45, 7) is 3.19. The molecule has 2 aliphatic heterocycles. The Labute approximate surface area is 104 Å². The van der Waals surface area contributed by atoms with E-state index in [9.17, 15) is 4.79 Å². The van der Waals surface area contributed by atoms with E-state index >= 15 is 0 Å². The molecule has 96 valence electrons. The van der Waals surface area contributed by atoms with Gasteiger partial charge >= 0.3 is 0 Å². The first-order valence-electron chi connectivity index (χ1n) is 7.25. The van der Waals surface area contributed by atoms with E-state index < -0.39 is 0 Å². The number of likely N-dealkylation sites (tertiary alicyclic amines) is 2. The van der Waals surface area contributed by atoms with Gasteiger partial charge in [-0.15, -0.1) is 0 Å². The molecule has 2 heterocycles. The normalized spacial score (nSPS) is 38.4. The Morgan fingerprint density at radius 1 is 1.00 bits per heavy atom. The van der Waals surface area contributed by atoms with Crippen LogP contribution in [0.25, 0.3) is 0 Å². The number of hydrogen-bond donors (Lipinski definition) is 0. The van der Waals surface area contributed by atoms with Crippen LogP contribution < -0.4 is 0 Å². The highest BCUT2D eigenvalue weighted by molar-refractivity contribution is 5.82. The summed E-state index contributed by atoms with van der Waals surface area (Å²) < 4.78 is 0. The summed E-state index contributed by atoms with van der Waals surface area (Å²) in [6.07, 6.45) is 7.65. The van der Waals surface area contributed by atoms with Gasteiger partial charge < -0.3 is 4.90 Å². The van der Waals surface area contributed by atoms with Crippen molar-refractivity contribution in [1.82, 2.24) is 9.80 Å². The van der Waals surface area contributed by atoms with Gasteiger partial charge in [-0.1, -0.05) is 12.8 Å². The fourth-order valence-electron chi connectivity index (χ4n) is 4.01. The predicted molar refractivity (Wildman–Crippen MR) is 67.7 cm³/mol. The van der Waals surface area contributed by atoms with Crippen molar-refractivity contribution in [2.75, 3.05) is 26.7 Å². The summed E-state index contributed by atoms with van der Waals surface area (Å²) >= 11 is 0. The molecular formula is C14H24N2O. The van der Waals surface area contributed by atoms with Crippen LogP contribution in [-0.4, -0.2) is 48.4 Å². The van der Waals surface area contributed by atoms with E-state index in [1.54, 1.807) is 0 Å². The van der Waals surface area contributed by atoms with Gasteiger partial charge in [0.2, 0.25) is 5.91 Å².